The highest BCUT2D eigenvalue weighted by atomic mass is 32.2. The standard InChI is InChI=1S/C18H15F4NO3S/c19-14-7-3-1-5-12(14)10-27-15-8-4-2-6-13(15)17(25)26-9-16(24)23-11-18(20,21)22/h1-8H,9-11H2,(H,23,24). The van der Waals surface area contributed by atoms with Gasteiger partial charge in [0.05, 0.1) is 5.56 Å². The molecule has 0 fully saturated rings. The number of ether oxygens (including phenoxy) is 1. The molecule has 2 aromatic rings. The van der Waals surface area contributed by atoms with Gasteiger partial charge in [-0.15, -0.1) is 11.8 Å². The summed E-state index contributed by atoms with van der Waals surface area (Å²) in [6, 6.07) is 12.6. The van der Waals surface area contributed by atoms with Crippen LogP contribution in [0.4, 0.5) is 17.6 Å². The summed E-state index contributed by atoms with van der Waals surface area (Å²) in [5, 5.41) is 1.61. The summed E-state index contributed by atoms with van der Waals surface area (Å²) in [7, 11) is 0. The average molecular weight is 401 g/mol. The largest absolute Gasteiger partial charge is 0.452 e. The summed E-state index contributed by atoms with van der Waals surface area (Å²) in [5.74, 6) is -2.01. The zero-order chi connectivity index (χ0) is 19.9. The van der Waals surface area contributed by atoms with Gasteiger partial charge in [0, 0.05) is 10.6 Å². The predicted molar refractivity (Wildman–Crippen MR) is 91.8 cm³/mol. The van der Waals surface area contributed by atoms with E-state index < -0.39 is 31.2 Å². The Morgan fingerprint density at radius 1 is 1.04 bits per heavy atom. The summed E-state index contributed by atoms with van der Waals surface area (Å²) < 4.78 is 54.6. The summed E-state index contributed by atoms with van der Waals surface area (Å²) in [6.07, 6.45) is -4.55. The Bertz CT molecular complexity index is 811. The number of carbonyl (C=O) groups is 2. The first-order chi connectivity index (χ1) is 12.8. The quantitative estimate of drug-likeness (QED) is 0.434. The van der Waals surface area contributed by atoms with E-state index >= 15 is 0 Å². The van der Waals surface area contributed by atoms with Crippen molar-refractivity contribution < 1.29 is 31.9 Å². The Balaban J connectivity index is 1.95. The van der Waals surface area contributed by atoms with Crippen molar-refractivity contribution in [2.24, 2.45) is 0 Å². The van der Waals surface area contributed by atoms with Gasteiger partial charge in [0.1, 0.15) is 12.4 Å². The third-order valence-electron chi connectivity index (χ3n) is 3.27. The molecule has 0 spiro atoms. The number of carbonyl (C=O) groups excluding carboxylic acids is 2. The monoisotopic (exact) mass is 401 g/mol. The highest BCUT2D eigenvalue weighted by Crippen LogP contribution is 2.27. The lowest BCUT2D eigenvalue weighted by molar-refractivity contribution is -0.140. The number of esters is 1. The van der Waals surface area contributed by atoms with Gasteiger partial charge in [0.25, 0.3) is 5.91 Å². The minimum Gasteiger partial charge on any atom is -0.452 e. The number of amides is 1. The number of alkyl halides is 3. The first-order valence-corrected chi connectivity index (χ1v) is 8.70. The molecule has 0 atom stereocenters. The van der Waals surface area contributed by atoms with E-state index in [0.29, 0.717) is 10.5 Å². The van der Waals surface area contributed by atoms with Gasteiger partial charge in [-0.3, -0.25) is 4.79 Å². The van der Waals surface area contributed by atoms with Crippen molar-refractivity contribution in [2.75, 3.05) is 13.2 Å². The van der Waals surface area contributed by atoms with Crippen LogP contribution in [0.5, 0.6) is 0 Å². The molecule has 4 nitrogen and oxygen atoms in total. The van der Waals surface area contributed by atoms with Crippen LogP contribution in [0.3, 0.4) is 0 Å². The Hall–Kier alpha value is -2.55. The number of rotatable bonds is 7. The van der Waals surface area contributed by atoms with Crippen molar-refractivity contribution in [1.82, 2.24) is 5.32 Å². The lowest BCUT2D eigenvalue weighted by atomic mass is 10.2. The van der Waals surface area contributed by atoms with Crippen LogP contribution >= 0.6 is 11.8 Å². The van der Waals surface area contributed by atoms with Gasteiger partial charge in [0.2, 0.25) is 0 Å². The number of thioether (sulfide) groups is 1. The molecule has 2 rings (SSSR count). The molecule has 0 saturated carbocycles. The van der Waals surface area contributed by atoms with E-state index in [-0.39, 0.29) is 17.1 Å². The molecule has 0 unspecified atom stereocenters. The molecule has 0 aromatic heterocycles. The maximum absolute atomic E-state index is 13.7. The normalized spacial score (nSPS) is 11.1. The first-order valence-electron chi connectivity index (χ1n) is 7.72. The molecule has 0 heterocycles. The van der Waals surface area contributed by atoms with Crippen LogP contribution in [-0.4, -0.2) is 31.2 Å². The highest BCUT2D eigenvalue weighted by molar-refractivity contribution is 7.98. The molecule has 0 aliphatic heterocycles. The molecule has 2 aromatic carbocycles. The molecule has 0 bridgehead atoms. The fraction of sp³-hybridized carbons (Fsp3) is 0.222. The molecular formula is C18H15F4NO3S. The molecule has 27 heavy (non-hydrogen) atoms. The molecule has 0 saturated heterocycles. The molecule has 1 amide bonds. The van der Waals surface area contributed by atoms with Crippen molar-refractivity contribution >= 4 is 23.6 Å². The second-order valence-corrected chi connectivity index (χ2v) is 6.36. The molecule has 0 radical (unpaired) electrons. The van der Waals surface area contributed by atoms with Gasteiger partial charge in [-0.05, 0) is 23.8 Å². The zero-order valence-corrected chi connectivity index (χ0v) is 14.7. The zero-order valence-electron chi connectivity index (χ0n) is 13.9. The SMILES string of the molecule is O=C(COC(=O)c1ccccc1SCc1ccccc1F)NCC(F)(F)F. The lowest BCUT2D eigenvalue weighted by Gasteiger charge is -2.11. The Kier molecular flexibility index (Phi) is 7.23. The number of hydrogen-bond donors (Lipinski definition) is 1. The number of hydrogen-bond acceptors (Lipinski definition) is 4. The Labute approximate surface area is 156 Å². The van der Waals surface area contributed by atoms with Crippen molar-refractivity contribution in [3.63, 3.8) is 0 Å². The van der Waals surface area contributed by atoms with Crippen molar-refractivity contribution in [3.05, 3.63) is 65.5 Å². The Morgan fingerprint density at radius 2 is 1.70 bits per heavy atom. The number of halogens is 4. The second-order valence-electron chi connectivity index (χ2n) is 5.34. The molecular weight excluding hydrogens is 386 g/mol. The second kappa shape index (κ2) is 9.40. The van der Waals surface area contributed by atoms with Gasteiger partial charge < -0.3 is 10.1 Å². The average Bonchev–Trinajstić information content (AvgIpc) is 2.63. The summed E-state index contributed by atoms with van der Waals surface area (Å²) in [5.41, 5.74) is 0.597. The van der Waals surface area contributed by atoms with Gasteiger partial charge in [0.15, 0.2) is 6.61 Å². The maximum atomic E-state index is 13.7. The van der Waals surface area contributed by atoms with E-state index in [2.05, 4.69) is 0 Å². The van der Waals surface area contributed by atoms with Crippen LogP contribution in [-0.2, 0) is 15.3 Å². The van der Waals surface area contributed by atoms with Crippen LogP contribution in [0.25, 0.3) is 0 Å². The van der Waals surface area contributed by atoms with E-state index in [0.717, 1.165) is 0 Å². The third-order valence-corrected chi connectivity index (χ3v) is 4.39. The van der Waals surface area contributed by atoms with E-state index in [1.807, 2.05) is 0 Å². The highest BCUT2D eigenvalue weighted by Gasteiger charge is 2.27. The topological polar surface area (TPSA) is 55.4 Å². The first kappa shape index (κ1) is 20.8. The molecule has 0 aliphatic rings. The van der Waals surface area contributed by atoms with Crippen molar-refractivity contribution in [2.45, 2.75) is 16.8 Å². The summed E-state index contributed by atoms with van der Waals surface area (Å²) in [6.45, 7) is -2.33. The van der Waals surface area contributed by atoms with Crippen molar-refractivity contribution in [1.29, 1.82) is 0 Å². The number of nitrogens with one attached hydrogen (secondary N) is 1. The molecule has 0 aliphatic carbocycles. The van der Waals surface area contributed by atoms with Crippen LogP contribution in [0, 0.1) is 5.82 Å². The smallest absolute Gasteiger partial charge is 0.405 e. The van der Waals surface area contributed by atoms with E-state index in [1.165, 1.54) is 23.9 Å². The third kappa shape index (κ3) is 6.93. The fourth-order valence-electron chi connectivity index (χ4n) is 1.99. The molecule has 144 valence electrons. The molecule has 9 heteroatoms. The van der Waals surface area contributed by atoms with Crippen molar-refractivity contribution in [3.8, 4) is 0 Å². The minimum absolute atomic E-state index is 0.141. The summed E-state index contributed by atoms with van der Waals surface area (Å²) in [4.78, 5) is 24.0. The Morgan fingerprint density at radius 3 is 2.41 bits per heavy atom. The van der Waals surface area contributed by atoms with Crippen LogP contribution in [0.15, 0.2) is 53.4 Å². The van der Waals surface area contributed by atoms with Crippen LogP contribution in [0.1, 0.15) is 15.9 Å². The van der Waals surface area contributed by atoms with E-state index in [9.17, 15) is 27.2 Å². The predicted octanol–water partition coefficient (Wildman–Crippen LogP) is 3.95. The van der Waals surface area contributed by atoms with Crippen LogP contribution < -0.4 is 5.32 Å². The summed E-state index contributed by atoms with van der Waals surface area (Å²) >= 11 is 1.20. The van der Waals surface area contributed by atoms with Gasteiger partial charge in [-0.1, -0.05) is 30.3 Å². The van der Waals surface area contributed by atoms with Crippen LogP contribution in [0.2, 0.25) is 0 Å². The van der Waals surface area contributed by atoms with Gasteiger partial charge in [-0.2, -0.15) is 13.2 Å². The number of benzene rings is 2. The van der Waals surface area contributed by atoms with E-state index in [1.54, 1.807) is 41.7 Å². The van der Waals surface area contributed by atoms with E-state index in [4.69, 9.17) is 4.74 Å². The van der Waals surface area contributed by atoms with Gasteiger partial charge in [-0.25, -0.2) is 9.18 Å². The van der Waals surface area contributed by atoms with Gasteiger partial charge >= 0.3 is 12.1 Å². The maximum Gasteiger partial charge on any atom is 0.405 e. The molecule has 1 N–H and O–H groups in total. The lowest BCUT2D eigenvalue weighted by Crippen LogP contribution is -2.36. The fourth-order valence-corrected chi connectivity index (χ4v) is 3.02. The minimum atomic E-state index is -4.55.